The number of aromatic nitrogens is 1. The summed E-state index contributed by atoms with van der Waals surface area (Å²) < 4.78 is 5.81. The zero-order chi connectivity index (χ0) is 18.8. The smallest absolute Gasteiger partial charge is 0.291 e. The second-order valence-corrected chi connectivity index (χ2v) is 5.95. The molecule has 0 aliphatic carbocycles. The summed E-state index contributed by atoms with van der Waals surface area (Å²) in [5.74, 6) is 0.466. The molecule has 0 radical (unpaired) electrons. The van der Waals surface area contributed by atoms with Crippen molar-refractivity contribution in [3.8, 4) is 11.5 Å². The van der Waals surface area contributed by atoms with Crippen molar-refractivity contribution in [1.29, 1.82) is 0 Å². The van der Waals surface area contributed by atoms with E-state index in [2.05, 4.69) is 10.3 Å². The van der Waals surface area contributed by atoms with Crippen molar-refractivity contribution in [3.05, 3.63) is 68.9 Å². The van der Waals surface area contributed by atoms with Gasteiger partial charge in [0.25, 0.3) is 11.6 Å². The Kier molecular flexibility index (Phi) is 4.73. The highest BCUT2D eigenvalue weighted by molar-refractivity contribution is 6.32. The lowest BCUT2D eigenvalue weighted by Crippen LogP contribution is -2.18. The number of fused-ring (bicyclic) bond motifs is 1. The van der Waals surface area contributed by atoms with Gasteiger partial charge in [0, 0.05) is 24.2 Å². The van der Waals surface area contributed by atoms with Crippen LogP contribution in [0.5, 0.6) is 11.5 Å². The van der Waals surface area contributed by atoms with Gasteiger partial charge < -0.3 is 10.1 Å². The first-order valence-corrected chi connectivity index (χ1v) is 8.01. The van der Waals surface area contributed by atoms with Crippen molar-refractivity contribution in [2.75, 3.05) is 7.05 Å². The summed E-state index contributed by atoms with van der Waals surface area (Å²) in [5.41, 5.74) is 1.68. The number of carbonyl (C=O) groups is 1. The minimum Gasteiger partial charge on any atom is -0.456 e. The minimum absolute atomic E-state index is 0.0273. The first-order chi connectivity index (χ1) is 12.4. The van der Waals surface area contributed by atoms with Crippen LogP contribution in [0.3, 0.4) is 0 Å². The van der Waals surface area contributed by atoms with E-state index in [1.54, 1.807) is 31.4 Å². The molecule has 26 heavy (non-hydrogen) atoms. The van der Waals surface area contributed by atoms with E-state index in [9.17, 15) is 14.9 Å². The zero-order valence-corrected chi connectivity index (χ0v) is 14.7. The van der Waals surface area contributed by atoms with Crippen LogP contribution in [0.25, 0.3) is 10.9 Å². The van der Waals surface area contributed by atoms with Gasteiger partial charge in [0.05, 0.1) is 16.5 Å². The third-order valence-corrected chi connectivity index (χ3v) is 4.18. The van der Waals surface area contributed by atoms with E-state index in [1.807, 2.05) is 6.92 Å². The van der Waals surface area contributed by atoms with Crippen LogP contribution in [0.2, 0.25) is 5.02 Å². The molecule has 1 aromatic heterocycles. The number of nitro groups is 1. The standard InChI is InChI=1S/C18H14ClN3O4/c1-10-7-15-13(9-12(10)18(23)20-2)17(5-6-21-15)26-11-3-4-14(19)16(8-11)22(24)25/h3-9H,1-2H3,(H,20,23). The van der Waals surface area contributed by atoms with E-state index in [0.717, 1.165) is 5.56 Å². The topological polar surface area (TPSA) is 94.4 Å². The minimum atomic E-state index is -0.576. The summed E-state index contributed by atoms with van der Waals surface area (Å²) in [6.07, 6.45) is 1.57. The van der Waals surface area contributed by atoms with Crippen molar-refractivity contribution in [2.24, 2.45) is 0 Å². The van der Waals surface area contributed by atoms with Gasteiger partial charge in [-0.05, 0) is 42.8 Å². The van der Waals surface area contributed by atoms with E-state index >= 15 is 0 Å². The molecule has 132 valence electrons. The third kappa shape index (κ3) is 3.29. The van der Waals surface area contributed by atoms with Crippen LogP contribution in [-0.2, 0) is 0 Å². The molecule has 0 unspecified atom stereocenters. The lowest BCUT2D eigenvalue weighted by molar-refractivity contribution is -0.384. The molecule has 1 amide bonds. The summed E-state index contributed by atoms with van der Waals surface area (Å²) in [7, 11) is 1.56. The summed E-state index contributed by atoms with van der Waals surface area (Å²) >= 11 is 5.83. The molecule has 3 aromatic rings. The van der Waals surface area contributed by atoms with Crippen LogP contribution in [0, 0.1) is 17.0 Å². The number of benzene rings is 2. The first kappa shape index (κ1) is 17.6. The molecule has 1 heterocycles. The fourth-order valence-corrected chi connectivity index (χ4v) is 2.75. The van der Waals surface area contributed by atoms with Crippen LogP contribution >= 0.6 is 11.6 Å². The van der Waals surface area contributed by atoms with Crippen LogP contribution in [0.1, 0.15) is 15.9 Å². The number of carbonyl (C=O) groups excluding carboxylic acids is 1. The summed E-state index contributed by atoms with van der Waals surface area (Å²) in [6, 6.07) is 9.30. The number of aryl methyl sites for hydroxylation is 1. The van der Waals surface area contributed by atoms with Crippen LogP contribution < -0.4 is 10.1 Å². The average Bonchev–Trinajstić information content (AvgIpc) is 2.62. The maximum absolute atomic E-state index is 12.0. The molecule has 0 saturated carbocycles. The normalized spacial score (nSPS) is 10.6. The third-order valence-electron chi connectivity index (χ3n) is 3.86. The summed E-state index contributed by atoms with van der Waals surface area (Å²) in [5, 5.41) is 14.3. The lowest BCUT2D eigenvalue weighted by Gasteiger charge is -2.11. The van der Waals surface area contributed by atoms with Crippen molar-refractivity contribution in [1.82, 2.24) is 10.3 Å². The number of nitro benzene ring substituents is 1. The van der Waals surface area contributed by atoms with Gasteiger partial charge in [-0.25, -0.2) is 0 Å². The number of nitrogens with zero attached hydrogens (tertiary/aromatic N) is 2. The highest BCUT2D eigenvalue weighted by atomic mass is 35.5. The fraction of sp³-hybridized carbons (Fsp3) is 0.111. The maximum atomic E-state index is 12.0. The van der Waals surface area contributed by atoms with Crippen molar-refractivity contribution in [2.45, 2.75) is 6.92 Å². The van der Waals surface area contributed by atoms with E-state index in [-0.39, 0.29) is 22.4 Å². The van der Waals surface area contributed by atoms with Crippen LogP contribution in [0.4, 0.5) is 5.69 Å². The molecule has 0 saturated heterocycles. The van der Waals surface area contributed by atoms with Crippen LogP contribution in [-0.4, -0.2) is 22.9 Å². The number of rotatable bonds is 4. The van der Waals surface area contributed by atoms with Gasteiger partial charge in [-0.1, -0.05) is 11.6 Å². The molecule has 0 atom stereocenters. The highest BCUT2D eigenvalue weighted by Gasteiger charge is 2.16. The summed E-state index contributed by atoms with van der Waals surface area (Å²) in [4.78, 5) is 26.8. The Balaban J connectivity index is 2.09. The van der Waals surface area contributed by atoms with E-state index in [4.69, 9.17) is 16.3 Å². The molecule has 0 bridgehead atoms. The molecule has 0 spiro atoms. The SMILES string of the molecule is CNC(=O)c1cc2c(Oc3ccc(Cl)c([N+](=O)[O-])c3)ccnc2cc1C. The molecule has 0 aliphatic rings. The maximum Gasteiger partial charge on any atom is 0.291 e. The van der Waals surface area contributed by atoms with Gasteiger partial charge in [-0.2, -0.15) is 0 Å². The zero-order valence-electron chi connectivity index (χ0n) is 13.9. The summed E-state index contributed by atoms with van der Waals surface area (Å²) in [6.45, 7) is 1.82. The first-order valence-electron chi connectivity index (χ1n) is 7.64. The number of halogens is 1. The number of hydrogen-bond donors (Lipinski definition) is 1. The molecular weight excluding hydrogens is 358 g/mol. The Hall–Kier alpha value is -3.19. The molecule has 0 aliphatic heterocycles. The second kappa shape index (κ2) is 6.97. The molecule has 1 N–H and O–H groups in total. The largest absolute Gasteiger partial charge is 0.456 e. The Morgan fingerprint density at radius 1 is 1.27 bits per heavy atom. The Labute approximate surface area is 153 Å². The van der Waals surface area contributed by atoms with E-state index in [1.165, 1.54) is 18.2 Å². The van der Waals surface area contributed by atoms with Crippen molar-refractivity contribution in [3.63, 3.8) is 0 Å². The molecule has 0 fully saturated rings. The molecular formula is C18H14ClN3O4. The number of amides is 1. The number of nitrogens with one attached hydrogen (secondary N) is 1. The van der Waals surface area contributed by atoms with Gasteiger partial charge in [0.15, 0.2) is 0 Å². The van der Waals surface area contributed by atoms with E-state index in [0.29, 0.717) is 22.2 Å². The van der Waals surface area contributed by atoms with Crippen molar-refractivity contribution >= 4 is 34.1 Å². The van der Waals surface area contributed by atoms with Crippen molar-refractivity contribution < 1.29 is 14.5 Å². The molecule has 3 rings (SSSR count). The predicted molar refractivity (Wildman–Crippen MR) is 98.1 cm³/mol. The Bertz CT molecular complexity index is 1040. The second-order valence-electron chi connectivity index (χ2n) is 5.54. The van der Waals surface area contributed by atoms with Gasteiger partial charge in [-0.15, -0.1) is 0 Å². The average molecular weight is 372 g/mol. The number of hydrogen-bond acceptors (Lipinski definition) is 5. The molecule has 8 heteroatoms. The van der Waals surface area contributed by atoms with Gasteiger partial charge in [-0.3, -0.25) is 19.9 Å². The molecule has 7 nitrogen and oxygen atoms in total. The van der Waals surface area contributed by atoms with Gasteiger partial charge in [0.2, 0.25) is 0 Å². The molecule has 2 aromatic carbocycles. The Morgan fingerprint density at radius 2 is 2.04 bits per heavy atom. The van der Waals surface area contributed by atoms with Gasteiger partial charge >= 0.3 is 0 Å². The number of pyridine rings is 1. The monoisotopic (exact) mass is 371 g/mol. The predicted octanol–water partition coefficient (Wildman–Crippen LogP) is 4.26. The van der Waals surface area contributed by atoms with Crippen LogP contribution in [0.15, 0.2) is 42.6 Å². The highest BCUT2D eigenvalue weighted by Crippen LogP contribution is 2.34. The fourth-order valence-electron chi connectivity index (χ4n) is 2.56. The Morgan fingerprint density at radius 3 is 2.73 bits per heavy atom. The number of ether oxygens (including phenoxy) is 1. The lowest BCUT2D eigenvalue weighted by atomic mass is 10.0. The van der Waals surface area contributed by atoms with E-state index < -0.39 is 4.92 Å². The quantitative estimate of drug-likeness (QED) is 0.546. The van der Waals surface area contributed by atoms with Gasteiger partial charge in [0.1, 0.15) is 16.5 Å².